The van der Waals surface area contributed by atoms with Gasteiger partial charge in [0.15, 0.2) is 0 Å². The molecule has 0 aromatic carbocycles. The molecule has 0 aliphatic carbocycles. The van der Waals surface area contributed by atoms with E-state index in [2.05, 4.69) is 18.7 Å². The molecule has 0 unspecified atom stereocenters. The molecule has 0 bridgehead atoms. The molecule has 1 atom stereocenters. The van der Waals surface area contributed by atoms with Gasteiger partial charge in [0, 0.05) is 33.0 Å². The fourth-order valence-electron chi connectivity index (χ4n) is 2.21. The number of carbonyl (C=O) groups excluding carboxylic acids is 1. The van der Waals surface area contributed by atoms with Crippen LogP contribution in [0.25, 0.3) is 0 Å². The lowest BCUT2D eigenvalue weighted by Crippen LogP contribution is -2.40. The van der Waals surface area contributed by atoms with Crippen molar-refractivity contribution in [1.29, 1.82) is 0 Å². The van der Waals surface area contributed by atoms with E-state index in [1.54, 1.807) is 7.11 Å². The third kappa shape index (κ3) is 3.46. The fraction of sp³-hybridized carbons (Fsp3) is 0.917. The van der Waals surface area contributed by atoms with Crippen molar-refractivity contribution in [3.63, 3.8) is 0 Å². The van der Waals surface area contributed by atoms with Crippen LogP contribution in [0, 0.1) is 0 Å². The lowest BCUT2D eigenvalue weighted by Gasteiger charge is -2.28. The molecule has 1 aliphatic rings. The number of rotatable bonds is 7. The number of likely N-dealkylation sites (tertiary alicyclic amines) is 1. The lowest BCUT2D eigenvalue weighted by molar-refractivity contribution is -0.139. The quantitative estimate of drug-likeness (QED) is 0.658. The van der Waals surface area contributed by atoms with Crippen LogP contribution in [0.2, 0.25) is 0 Å². The first-order valence-corrected chi connectivity index (χ1v) is 6.27. The number of amides is 1. The standard InChI is InChI=1S/C12H24N2O2/c1-4-13(5-2)10-8-12(16-3)14-9-6-7-11(14)15/h12H,4-10H2,1-3H3/t12-/m1/s1. The molecule has 0 aromatic heterocycles. The SMILES string of the molecule is CCN(CC)CC[C@@H](OC)N1CCCC1=O. The van der Waals surface area contributed by atoms with E-state index in [4.69, 9.17) is 4.74 Å². The summed E-state index contributed by atoms with van der Waals surface area (Å²) in [5.74, 6) is 0.242. The predicted octanol–water partition coefficient (Wildman–Crippen LogP) is 1.31. The van der Waals surface area contributed by atoms with Crippen LogP contribution >= 0.6 is 0 Å². The third-order valence-electron chi connectivity index (χ3n) is 3.32. The first kappa shape index (κ1) is 13.5. The number of carbonyl (C=O) groups is 1. The third-order valence-corrected chi connectivity index (χ3v) is 3.32. The Hall–Kier alpha value is -0.610. The molecule has 1 aliphatic heterocycles. The summed E-state index contributed by atoms with van der Waals surface area (Å²) in [6, 6.07) is 0. The van der Waals surface area contributed by atoms with Gasteiger partial charge in [-0.25, -0.2) is 0 Å². The van der Waals surface area contributed by atoms with Crippen LogP contribution in [0.5, 0.6) is 0 Å². The molecular weight excluding hydrogens is 204 g/mol. The minimum absolute atomic E-state index is 0.0319. The summed E-state index contributed by atoms with van der Waals surface area (Å²) in [5, 5.41) is 0. The van der Waals surface area contributed by atoms with E-state index in [0.717, 1.165) is 39.0 Å². The van der Waals surface area contributed by atoms with E-state index in [0.29, 0.717) is 6.42 Å². The van der Waals surface area contributed by atoms with Crippen molar-refractivity contribution in [3.8, 4) is 0 Å². The van der Waals surface area contributed by atoms with Crippen molar-refractivity contribution in [2.24, 2.45) is 0 Å². The fourth-order valence-corrected chi connectivity index (χ4v) is 2.21. The zero-order valence-electron chi connectivity index (χ0n) is 10.7. The lowest BCUT2D eigenvalue weighted by atomic mass is 10.3. The predicted molar refractivity (Wildman–Crippen MR) is 64.1 cm³/mol. The Bertz CT molecular complexity index is 217. The second-order valence-corrected chi connectivity index (χ2v) is 4.20. The molecule has 1 heterocycles. The van der Waals surface area contributed by atoms with Crippen LogP contribution < -0.4 is 0 Å². The van der Waals surface area contributed by atoms with E-state index >= 15 is 0 Å². The van der Waals surface area contributed by atoms with Crippen molar-refractivity contribution >= 4 is 5.91 Å². The van der Waals surface area contributed by atoms with Crippen LogP contribution in [0.15, 0.2) is 0 Å². The summed E-state index contributed by atoms with van der Waals surface area (Å²) in [6.07, 6.45) is 2.54. The Morgan fingerprint density at radius 1 is 1.44 bits per heavy atom. The van der Waals surface area contributed by atoms with Gasteiger partial charge in [0.25, 0.3) is 0 Å². The summed E-state index contributed by atoms with van der Waals surface area (Å²) in [6.45, 7) is 8.28. The molecule has 0 radical (unpaired) electrons. The molecule has 1 rings (SSSR count). The second kappa shape index (κ2) is 6.86. The van der Waals surface area contributed by atoms with E-state index in [9.17, 15) is 4.79 Å². The van der Waals surface area contributed by atoms with E-state index in [-0.39, 0.29) is 12.1 Å². The van der Waals surface area contributed by atoms with Crippen molar-refractivity contribution in [2.45, 2.75) is 39.3 Å². The molecule has 1 amide bonds. The number of nitrogens with zero attached hydrogens (tertiary/aromatic N) is 2. The number of hydrogen-bond donors (Lipinski definition) is 0. The maximum atomic E-state index is 11.6. The van der Waals surface area contributed by atoms with Gasteiger partial charge in [-0.2, -0.15) is 0 Å². The monoisotopic (exact) mass is 228 g/mol. The highest BCUT2D eigenvalue weighted by atomic mass is 16.5. The van der Waals surface area contributed by atoms with Crippen molar-refractivity contribution in [1.82, 2.24) is 9.80 Å². The average molecular weight is 228 g/mol. The van der Waals surface area contributed by atoms with E-state index in [1.807, 2.05) is 4.90 Å². The summed E-state index contributed by atoms with van der Waals surface area (Å²) in [5.41, 5.74) is 0. The molecular formula is C12H24N2O2. The molecule has 4 heteroatoms. The Kier molecular flexibility index (Phi) is 5.77. The van der Waals surface area contributed by atoms with Crippen molar-refractivity contribution in [3.05, 3.63) is 0 Å². The van der Waals surface area contributed by atoms with Gasteiger partial charge in [-0.3, -0.25) is 4.79 Å². The summed E-state index contributed by atoms with van der Waals surface area (Å²) in [7, 11) is 1.69. The minimum Gasteiger partial charge on any atom is -0.361 e. The molecule has 0 aromatic rings. The number of hydrogen-bond acceptors (Lipinski definition) is 3. The molecule has 16 heavy (non-hydrogen) atoms. The maximum Gasteiger partial charge on any atom is 0.224 e. The Morgan fingerprint density at radius 2 is 2.12 bits per heavy atom. The number of methoxy groups -OCH3 is 1. The Labute approximate surface area is 98.5 Å². The van der Waals surface area contributed by atoms with Crippen LogP contribution in [0.4, 0.5) is 0 Å². The molecule has 0 N–H and O–H groups in total. The maximum absolute atomic E-state index is 11.6. The van der Waals surface area contributed by atoms with Gasteiger partial charge in [0.2, 0.25) is 5.91 Å². The highest BCUT2D eigenvalue weighted by molar-refractivity contribution is 5.78. The van der Waals surface area contributed by atoms with Crippen LogP contribution in [-0.2, 0) is 9.53 Å². The Balaban J connectivity index is 2.39. The first-order chi connectivity index (χ1) is 7.72. The van der Waals surface area contributed by atoms with Crippen LogP contribution in [0.1, 0.15) is 33.1 Å². The summed E-state index contributed by atoms with van der Waals surface area (Å²) in [4.78, 5) is 15.8. The Morgan fingerprint density at radius 3 is 2.56 bits per heavy atom. The molecule has 4 nitrogen and oxygen atoms in total. The van der Waals surface area contributed by atoms with Gasteiger partial charge in [-0.1, -0.05) is 13.8 Å². The first-order valence-electron chi connectivity index (χ1n) is 6.27. The molecule has 94 valence electrons. The van der Waals surface area contributed by atoms with Crippen LogP contribution in [-0.4, -0.2) is 55.2 Å². The van der Waals surface area contributed by atoms with Crippen molar-refractivity contribution in [2.75, 3.05) is 33.3 Å². The normalized spacial score (nSPS) is 18.5. The smallest absolute Gasteiger partial charge is 0.224 e. The average Bonchev–Trinajstić information content (AvgIpc) is 2.71. The van der Waals surface area contributed by atoms with Crippen LogP contribution in [0.3, 0.4) is 0 Å². The van der Waals surface area contributed by atoms with Gasteiger partial charge in [-0.05, 0) is 19.5 Å². The van der Waals surface area contributed by atoms with Gasteiger partial charge < -0.3 is 14.5 Å². The van der Waals surface area contributed by atoms with E-state index in [1.165, 1.54) is 0 Å². The molecule has 1 saturated heterocycles. The highest BCUT2D eigenvalue weighted by Crippen LogP contribution is 2.16. The van der Waals surface area contributed by atoms with Gasteiger partial charge >= 0.3 is 0 Å². The number of ether oxygens (including phenoxy) is 1. The largest absolute Gasteiger partial charge is 0.361 e. The van der Waals surface area contributed by atoms with E-state index < -0.39 is 0 Å². The topological polar surface area (TPSA) is 32.8 Å². The minimum atomic E-state index is -0.0319. The van der Waals surface area contributed by atoms with Gasteiger partial charge in [0.05, 0.1) is 0 Å². The summed E-state index contributed by atoms with van der Waals surface area (Å²) < 4.78 is 5.42. The second-order valence-electron chi connectivity index (χ2n) is 4.20. The molecule has 1 fully saturated rings. The zero-order valence-corrected chi connectivity index (χ0v) is 10.7. The highest BCUT2D eigenvalue weighted by Gasteiger charge is 2.27. The van der Waals surface area contributed by atoms with Gasteiger partial charge in [-0.15, -0.1) is 0 Å². The zero-order chi connectivity index (χ0) is 12.0. The van der Waals surface area contributed by atoms with Crippen molar-refractivity contribution < 1.29 is 9.53 Å². The molecule has 0 spiro atoms. The van der Waals surface area contributed by atoms with Gasteiger partial charge in [0.1, 0.15) is 6.23 Å². The summed E-state index contributed by atoms with van der Waals surface area (Å²) >= 11 is 0. The molecule has 0 saturated carbocycles.